The molecular formula is C24H25N3O4S. The topological polar surface area (TPSA) is 81.9 Å². The minimum absolute atomic E-state index is 0.217. The largest absolute Gasteiger partial charge is 0.461 e. The Balaban J connectivity index is 0.000000225. The fourth-order valence-electron chi connectivity index (χ4n) is 4.46. The number of rotatable bonds is 3. The van der Waals surface area contributed by atoms with Crippen molar-refractivity contribution < 1.29 is 19.1 Å². The van der Waals surface area contributed by atoms with Gasteiger partial charge in [0.1, 0.15) is 23.1 Å². The Kier molecular flexibility index (Phi) is 6.23. The first-order valence-corrected chi connectivity index (χ1v) is 11.0. The van der Waals surface area contributed by atoms with Crippen LogP contribution < -0.4 is 10.1 Å². The highest BCUT2D eigenvalue weighted by Crippen LogP contribution is 2.42. The molecule has 8 heteroatoms. The number of hydrogen-bond acceptors (Lipinski definition) is 6. The average molecular weight is 452 g/mol. The summed E-state index contributed by atoms with van der Waals surface area (Å²) in [5.74, 6) is 0.219. The lowest BCUT2D eigenvalue weighted by molar-refractivity contribution is -0.150. The maximum atomic E-state index is 11.6. The van der Waals surface area contributed by atoms with Crippen molar-refractivity contribution >= 4 is 34.8 Å². The molecule has 1 aliphatic heterocycles. The predicted molar refractivity (Wildman–Crippen MR) is 124 cm³/mol. The van der Waals surface area contributed by atoms with E-state index in [0.29, 0.717) is 11.3 Å². The summed E-state index contributed by atoms with van der Waals surface area (Å²) >= 11 is 5.67. The summed E-state index contributed by atoms with van der Waals surface area (Å²) < 4.78 is 12.3. The van der Waals surface area contributed by atoms with Crippen molar-refractivity contribution in [1.29, 1.82) is 0 Å². The maximum Gasteiger partial charge on any atom is 0.347 e. The van der Waals surface area contributed by atoms with Crippen molar-refractivity contribution in [2.24, 2.45) is 0 Å². The van der Waals surface area contributed by atoms with E-state index in [2.05, 4.69) is 15.0 Å². The number of para-hydroxylation sites is 1. The van der Waals surface area contributed by atoms with Crippen LogP contribution in [0.5, 0.6) is 5.75 Å². The molecule has 3 heterocycles. The molecule has 0 amide bonds. The van der Waals surface area contributed by atoms with Crippen LogP contribution >= 0.6 is 12.2 Å². The fourth-order valence-corrected chi connectivity index (χ4v) is 4.81. The zero-order chi connectivity index (χ0) is 22.7. The number of hydrogen-bond donors (Lipinski definition) is 1. The molecule has 7 nitrogen and oxygen atoms in total. The molecular weight excluding hydrogens is 426 g/mol. The van der Waals surface area contributed by atoms with Crippen molar-refractivity contribution in [2.45, 2.75) is 44.1 Å². The predicted octanol–water partition coefficient (Wildman–Crippen LogP) is 3.84. The normalized spacial score (nSPS) is 21.3. The molecule has 0 spiro atoms. The Morgan fingerprint density at radius 1 is 1.28 bits per heavy atom. The van der Waals surface area contributed by atoms with Gasteiger partial charge in [0, 0.05) is 32.6 Å². The van der Waals surface area contributed by atoms with E-state index in [1.54, 1.807) is 18.3 Å². The van der Waals surface area contributed by atoms with Gasteiger partial charge in [-0.05, 0) is 43.0 Å². The average Bonchev–Trinajstić information content (AvgIpc) is 3.26. The highest BCUT2D eigenvalue weighted by atomic mass is 32.1. The lowest BCUT2D eigenvalue weighted by atomic mass is 9.67. The number of imidazole rings is 1. The highest BCUT2D eigenvalue weighted by molar-refractivity contribution is 7.80. The van der Waals surface area contributed by atoms with Crippen molar-refractivity contribution in [2.75, 3.05) is 7.05 Å². The van der Waals surface area contributed by atoms with Gasteiger partial charge in [-0.25, -0.2) is 9.78 Å². The molecule has 2 atom stereocenters. The summed E-state index contributed by atoms with van der Waals surface area (Å²) in [5.41, 5.74) is 2.16. The first-order chi connectivity index (χ1) is 15.5. The Hall–Kier alpha value is -3.26. The molecule has 1 aliphatic carbocycles. The first-order valence-electron chi connectivity index (χ1n) is 10.6. The van der Waals surface area contributed by atoms with Crippen LogP contribution in [0, 0.1) is 0 Å². The van der Waals surface area contributed by atoms with E-state index in [0.717, 1.165) is 41.9 Å². The van der Waals surface area contributed by atoms with Gasteiger partial charge in [-0.3, -0.25) is 4.79 Å². The quantitative estimate of drug-likeness (QED) is 0.479. The van der Waals surface area contributed by atoms with Gasteiger partial charge in [0.05, 0.1) is 10.4 Å². The number of likely N-dealkylation sites (N-methyl/N-ethyl adjacent to an activating group) is 1. The number of benzene rings is 1. The summed E-state index contributed by atoms with van der Waals surface area (Å²) in [7, 11) is 1.83. The molecule has 1 fully saturated rings. The molecule has 1 N–H and O–H groups in total. The second-order valence-corrected chi connectivity index (χ2v) is 8.30. The van der Waals surface area contributed by atoms with Crippen LogP contribution in [-0.4, -0.2) is 39.5 Å². The van der Waals surface area contributed by atoms with E-state index in [-0.39, 0.29) is 18.0 Å². The summed E-state index contributed by atoms with van der Waals surface area (Å²) in [6.07, 6.45) is 9.28. The molecule has 0 radical (unpaired) electrons. The summed E-state index contributed by atoms with van der Waals surface area (Å²) in [5, 5.41) is 3.13. The number of nitrogens with zero attached hydrogens (tertiary/aromatic N) is 2. The van der Waals surface area contributed by atoms with E-state index >= 15 is 0 Å². The van der Waals surface area contributed by atoms with Gasteiger partial charge in [0.2, 0.25) is 0 Å². The van der Waals surface area contributed by atoms with E-state index < -0.39 is 5.41 Å². The second-order valence-electron chi connectivity index (χ2n) is 7.89. The number of carbonyl (C=O) groups is 2. The van der Waals surface area contributed by atoms with Gasteiger partial charge in [0.15, 0.2) is 0 Å². The number of carbonyl (C=O) groups excluding carboxylic acids is 2. The maximum absolute atomic E-state index is 11.6. The number of pyridine rings is 1. The number of aromatic nitrogens is 2. The van der Waals surface area contributed by atoms with Gasteiger partial charge in [-0.15, -0.1) is 0 Å². The molecule has 5 rings (SSSR count). The standard InChI is InChI=1S/C17H21N3O2S.C7H4O2/c1-12(21)22-14-5-3-4-8-17(14,16(23)18-2)13-6-7-15-19-9-10-20(15)11-13;8-7-5-3-1-2-4-6(5)9-7/h6-7,9-11,14H,3-5,8H2,1-2H3,(H,18,23);1-4H. The van der Waals surface area contributed by atoms with Crippen molar-refractivity contribution in [3.05, 3.63) is 66.1 Å². The van der Waals surface area contributed by atoms with E-state index in [1.165, 1.54) is 6.92 Å². The summed E-state index contributed by atoms with van der Waals surface area (Å²) in [4.78, 5) is 27.1. The van der Waals surface area contributed by atoms with E-state index in [1.807, 2.05) is 48.1 Å². The second kappa shape index (κ2) is 9.08. The molecule has 2 aromatic heterocycles. The van der Waals surface area contributed by atoms with Crippen LogP contribution in [-0.2, 0) is 14.9 Å². The molecule has 1 saturated carbocycles. The third-order valence-electron chi connectivity index (χ3n) is 5.99. The Labute approximate surface area is 191 Å². The van der Waals surface area contributed by atoms with Crippen LogP contribution in [0.3, 0.4) is 0 Å². The highest BCUT2D eigenvalue weighted by Gasteiger charge is 2.48. The molecule has 2 aliphatic rings. The van der Waals surface area contributed by atoms with Crippen molar-refractivity contribution in [3.8, 4) is 5.75 Å². The molecule has 166 valence electrons. The van der Waals surface area contributed by atoms with Gasteiger partial charge in [-0.1, -0.05) is 36.8 Å². The number of thiocarbonyl (C=S) groups is 1. The Morgan fingerprint density at radius 2 is 2.09 bits per heavy atom. The molecule has 1 aromatic carbocycles. The summed E-state index contributed by atoms with van der Waals surface area (Å²) in [6, 6.07) is 11.2. The number of ether oxygens (including phenoxy) is 2. The smallest absolute Gasteiger partial charge is 0.347 e. The molecule has 3 aromatic rings. The minimum Gasteiger partial charge on any atom is -0.461 e. The molecule has 0 saturated heterocycles. The lowest BCUT2D eigenvalue weighted by Gasteiger charge is -2.43. The SMILES string of the molecule is CNC(=S)C1(c2ccc3nccn3c2)CCCCC1OC(C)=O.O=C1Oc2ccccc21. The van der Waals surface area contributed by atoms with Gasteiger partial charge < -0.3 is 19.2 Å². The van der Waals surface area contributed by atoms with Gasteiger partial charge >= 0.3 is 11.9 Å². The molecule has 32 heavy (non-hydrogen) atoms. The summed E-state index contributed by atoms with van der Waals surface area (Å²) in [6.45, 7) is 1.46. The van der Waals surface area contributed by atoms with Crippen LogP contribution in [0.25, 0.3) is 5.65 Å². The van der Waals surface area contributed by atoms with Gasteiger partial charge in [-0.2, -0.15) is 0 Å². The van der Waals surface area contributed by atoms with Crippen LogP contribution in [0.2, 0.25) is 0 Å². The van der Waals surface area contributed by atoms with E-state index in [4.69, 9.17) is 17.0 Å². The van der Waals surface area contributed by atoms with Gasteiger partial charge in [0.25, 0.3) is 0 Å². The third kappa shape index (κ3) is 3.98. The number of nitrogens with one attached hydrogen (secondary N) is 1. The number of fused-ring (bicyclic) bond motifs is 2. The Bertz CT molecular complexity index is 1170. The van der Waals surface area contributed by atoms with Crippen LogP contribution in [0.4, 0.5) is 0 Å². The number of esters is 2. The zero-order valence-electron chi connectivity index (χ0n) is 18.0. The first kappa shape index (κ1) is 22.0. The van der Waals surface area contributed by atoms with Crippen LogP contribution in [0.15, 0.2) is 55.0 Å². The minimum atomic E-state index is -0.480. The Morgan fingerprint density at radius 3 is 2.78 bits per heavy atom. The zero-order valence-corrected chi connectivity index (χ0v) is 18.9. The monoisotopic (exact) mass is 451 g/mol. The van der Waals surface area contributed by atoms with E-state index in [9.17, 15) is 9.59 Å². The van der Waals surface area contributed by atoms with Crippen LogP contribution in [0.1, 0.15) is 48.5 Å². The lowest BCUT2D eigenvalue weighted by Crippen LogP contribution is -2.53. The fraction of sp³-hybridized carbons (Fsp3) is 0.333. The van der Waals surface area contributed by atoms with Crippen molar-refractivity contribution in [1.82, 2.24) is 14.7 Å². The van der Waals surface area contributed by atoms with Crippen molar-refractivity contribution in [3.63, 3.8) is 0 Å². The molecule has 0 bridgehead atoms. The third-order valence-corrected chi connectivity index (χ3v) is 6.56. The molecule has 2 unspecified atom stereocenters.